The van der Waals surface area contributed by atoms with Crippen molar-refractivity contribution < 1.29 is 17.9 Å². The van der Waals surface area contributed by atoms with Crippen molar-refractivity contribution in [3.63, 3.8) is 0 Å². The Morgan fingerprint density at radius 1 is 1.38 bits per heavy atom. The topological polar surface area (TPSA) is 34.2 Å². The second-order valence-corrected chi connectivity index (χ2v) is 6.57. The predicted molar refractivity (Wildman–Crippen MR) is 76.7 cm³/mol. The molecule has 0 radical (unpaired) electrons. The summed E-state index contributed by atoms with van der Waals surface area (Å²) in [7, 11) is 0. The van der Waals surface area contributed by atoms with Crippen molar-refractivity contribution in [1.29, 1.82) is 0 Å². The Labute approximate surface area is 124 Å². The average Bonchev–Trinajstić information content (AvgIpc) is 2.78. The summed E-state index contributed by atoms with van der Waals surface area (Å²) >= 11 is 1.36. The first-order valence-electron chi connectivity index (χ1n) is 6.69. The quantitative estimate of drug-likeness (QED) is 0.897. The van der Waals surface area contributed by atoms with Gasteiger partial charge in [-0.1, -0.05) is 11.3 Å². The Kier molecular flexibility index (Phi) is 3.57. The highest BCUT2D eigenvalue weighted by Gasteiger charge is 2.31. The maximum Gasteiger partial charge on any atom is 0.416 e. The molecule has 1 fully saturated rings. The lowest BCUT2D eigenvalue weighted by atomic mass is 9.95. The maximum atomic E-state index is 12.7. The highest BCUT2D eigenvalue weighted by atomic mass is 32.1. The molecule has 3 nitrogen and oxygen atoms in total. The summed E-state index contributed by atoms with van der Waals surface area (Å²) < 4.78 is 44.3. The Morgan fingerprint density at radius 3 is 2.86 bits per heavy atom. The fourth-order valence-electron chi connectivity index (χ4n) is 2.45. The average molecular weight is 316 g/mol. The molecule has 1 aromatic heterocycles. The lowest BCUT2D eigenvalue weighted by Crippen LogP contribution is -2.42. The van der Waals surface area contributed by atoms with Crippen molar-refractivity contribution in [3.8, 4) is 0 Å². The third-order valence-corrected chi connectivity index (χ3v) is 4.51. The molecule has 0 aliphatic carbocycles. The van der Waals surface area contributed by atoms with Gasteiger partial charge in [-0.15, -0.1) is 0 Å². The van der Waals surface area contributed by atoms with E-state index in [9.17, 15) is 13.2 Å². The highest BCUT2D eigenvalue weighted by Crippen LogP contribution is 2.35. The molecular formula is C14H15F3N2OS. The number of halogens is 3. The number of hydrogen-bond acceptors (Lipinski definition) is 4. The predicted octanol–water partition coefficient (Wildman–Crippen LogP) is 4.30. The van der Waals surface area contributed by atoms with Gasteiger partial charge in [0, 0.05) is 6.61 Å². The smallest absolute Gasteiger partial charge is 0.379 e. The standard InChI is InChI=1S/C14H15F3N2OS/c1-13(5-2-6-20-8-13)19-12-18-10-7-9(14(15,16)17)3-4-11(10)21-12/h3-4,7H,2,5-6,8H2,1H3,(H,18,19). The molecule has 1 atom stereocenters. The van der Waals surface area contributed by atoms with Crippen LogP contribution in [0.3, 0.4) is 0 Å². The van der Waals surface area contributed by atoms with Crippen LogP contribution in [0.25, 0.3) is 10.2 Å². The van der Waals surface area contributed by atoms with Gasteiger partial charge in [-0.25, -0.2) is 4.98 Å². The largest absolute Gasteiger partial charge is 0.416 e. The molecule has 3 rings (SSSR count). The van der Waals surface area contributed by atoms with Gasteiger partial charge in [0.05, 0.1) is 27.9 Å². The fraction of sp³-hybridized carbons (Fsp3) is 0.500. The normalized spacial score (nSPS) is 23.4. The Morgan fingerprint density at radius 2 is 2.19 bits per heavy atom. The molecule has 0 bridgehead atoms. The van der Waals surface area contributed by atoms with E-state index in [1.54, 1.807) is 0 Å². The van der Waals surface area contributed by atoms with Gasteiger partial charge in [-0.05, 0) is 38.0 Å². The van der Waals surface area contributed by atoms with Gasteiger partial charge in [-0.2, -0.15) is 13.2 Å². The van der Waals surface area contributed by atoms with Crippen LogP contribution >= 0.6 is 11.3 Å². The zero-order valence-electron chi connectivity index (χ0n) is 11.5. The van der Waals surface area contributed by atoms with Gasteiger partial charge < -0.3 is 10.1 Å². The maximum absolute atomic E-state index is 12.7. The van der Waals surface area contributed by atoms with Crippen LogP contribution in [0.1, 0.15) is 25.3 Å². The lowest BCUT2D eigenvalue weighted by Gasteiger charge is -2.34. The summed E-state index contributed by atoms with van der Waals surface area (Å²) in [6.07, 6.45) is -2.42. The van der Waals surface area contributed by atoms with E-state index in [0.29, 0.717) is 17.3 Å². The molecule has 0 spiro atoms. The van der Waals surface area contributed by atoms with Gasteiger partial charge in [0.25, 0.3) is 0 Å². The van der Waals surface area contributed by atoms with Crippen molar-refractivity contribution in [1.82, 2.24) is 4.98 Å². The van der Waals surface area contributed by atoms with E-state index in [2.05, 4.69) is 10.3 Å². The Balaban J connectivity index is 1.87. The molecule has 2 aromatic rings. The first kappa shape index (κ1) is 14.6. The van der Waals surface area contributed by atoms with E-state index in [1.165, 1.54) is 17.4 Å². The molecule has 2 heterocycles. The van der Waals surface area contributed by atoms with Crippen molar-refractivity contribution >= 4 is 26.7 Å². The number of ether oxygens (including phenoxy) is 1. The summed E-state index contributed by atoms with van der Waals surface area (Å²) in [4.78, 5) is 4.28. The number of benzene rings is 1. The molecule has 1 aromatic carbocycles. The van der Waals surface area contributed by atoms with Crippen LogP contribution in [-0.4, -0.2) is 23.7 Å². The number of thiazole rings is 1. The minimum atomic E-state index is -4.34. The number of nitrogens with one attached hydrogen (secondary N) is 1. The van der Waals surface area contributed by atoms with Crippen molar-refractivity contribution in [2.24, 2.45) is 0 Å². The summed E-state index contributed by atoms with van der Waals surface area (Å²) in [5, 5.41) is 3.94. The number of hydrogen-bond donors (Lipinski definition) is 1. The number of nitrogens with zero attached hydrogens (tertiary/aromatic N) is 1. The number of anilines is 1. The first-order chi connectivity index (χ1) is 9.86. The van der Waals surface area contributed by atoms with E-state index in [4.69, 9.17) is 4.74 Å². The number of aromatic nitrogens is 1. The Bertz CT molecular complexity index is 647. The van der Waals surface area contributed by atoms with Gasteiger partial charge in [0.1, 0.15) is 0 Å². The van der Waals surface area contributed by atoms with E-state index in [-0.39, 0.29) is 5.54 Å². The van der Waals surface area contributed by atoms with Crippen molar-refractivity contribution in [3.05, 3.63) is 23.8 Å². The van der Waals surface area contributed by atoms with Crippen LogP contribution in [0, 0.1) is 0 Å². The van der Waals surface area contributed by atoms with E-state index < -0.39 is 11.7 Å². The summed E-state index contributed by atoms with van der Waals surface area (Å²) in [6, 6.07) is 3.66. The fourth-order valence-corrected chi connectivity index (χ4v) is 3.44. The van der Waals surface area contributed by atoms with Gasteiger partial charge in [-0.3, -0.25) is 0 Å². The molecule has 7 heteroatoms. The Hall–Kier alpha value is -1.34. The minimum Gasteiger partial charge on any atom is -0.379 e. The molecule has 114 valence electrons. The number of rotatable bonds is 2. The van der Waals surface area contributed by atoms with Gasteiger partial charge in [0.2, 0.25) is 0 Å². The molecule has 21 heavy (non-hydrogen) atoms. The second-order valence-electron chi connectivity index (χ2n) is 5.54. The molecule has 1 N–H and O–H groups in total. The first-order valence-corrected chi connectivity index (χ1v) is 7.51. The lowest BCUT2D eigenvalue weighted by molar-refractivity contribution is -0.137. The molecule has 1 aliphatic heterocycles. The highest BCUT2D eigenvalue weighted by molar-refractivity contribution is 7.22. The van der Waals surface area contributed by atoms with E-state index in [1.807, 2.05) is 6.92 Å². The van der Waals surface area contributed by atoms with Gasteiger partial charge in [0.15, 0.2) is 5.13 Å². The van der Waals surface area contributed by atoms with Crippen molar-refractivity contribution in [2.45, 2.75) is 31.5 Å². The van der Waals surface area contributed by atoms with Gasteiger partial charge >= 0.3 is 6.18 Å². The molecular weight excluding hydrogens is 301 g/mol. The third-order valence-electron chi connectivity index (χ3n) is 3.56. The van der Waals surface area contributed by atoms with Crippen molar-refractivity contribution in [2.75, 3.05) is 18.5 Å². The molecule has 1 unspecified atom stereocenters. The number of fused-ring (bicyclic) bond motifs is 1. The van der Waals surface area contributed by atoms with Crippen LogP contribution in [0.15, 0.2) is 18.2 Å². The van der Waals surface area contributed by atoms with Crippen LogP contribution < -0.4 is 5.32 Å². The van der Waals surface area contributed by atoms with E-state index >= 15 is 0 Å². The SMILES string of the molecule is CC1(Nc2nc3cc(C(F)(F)F)ccc3s2)CCCOC1. The zero-order valence-corrected chi connectivity index (χ0v) is 12.3. The monoisotopic (exact) mass is 316 g/mol. The van der Waals surface area contributed by atoms with E-state index in [0.717, 1.165) is 36.3 Å². The zero-order chi connectivity index (χ0) is 15.1. The second kappa shape index (κ2) is 5.14. The van der Waals surface area contributed by atoms with Crippen LogP contribution in [-0.2, 0) is 10.9 Å². The summed E-state index contributed by atoms with van der Waals surface area (Å²) in [5.41, 5.74) is -0.504. The van der Waals surface area contributed by atoms with Crippen LogP contribution in [0.5, 0.6) is 0 Å². The molecule has 0 amide bonds. The number of alkyl halides is 3. The van der Waals surface area contributed by atoms with Crippen LogP contribution in [0.2, 0.25) is 0 Å². The molecule has 1 saturated heterocycles. The summed E-state index contributed by atoms with van der Waals surface area (Å²) in [6.45, 7) is 3.38. The minimum absolute atomic E-state index is 0.209. The summed E-state index contributed by atoms with van der Waals surface area (Å²) in [5.74, 6) is 0. The molecule has 0 saturated carbocycles. The third kappa shape index (κ3) is 3.13. The molecule has 1 aliphatic rings. The van der Waals surface area contributed by atoms with Crippen LogP contribution in [0.4, 0.5) is 18.3 Å².